The number of rotatable bonds is 3. The first-order chi connectivity index (χ1) is 8.16. The molecule has 1 aromatic heterocycles. The zero-order valence-corrected chi connectivity index (χ0v) is 10.0. The predicted octanol–water partition coefficient (Wildman–Crippen LogP) is 0.967. The van der Waals surface area contributed by atoms with Gasteiger partial charge >= 0.3 is 0 Å². The van der Waals surface area contributed by atoms with Gasteiger partial charge in [-0.25, -0.2) is 4.98 Å². The Bertz CT molecular complexity index is 382. The van der Waals surface area contributed by atoms with Crippen molar-refractivity contribution < 1.29 is 4.79 Å². The third-order valence-corrected chi connectivity index (χ3v) is 2.86. The average Bonchev–Trinajstić information content (AvgIpc) is 2.83. The lowest BCUT2D eigenvalue weighted by atomic mass is 10.3. The number of amides is 1. The van der Waals surface area contributed by atoms with E-state index in [1.807, 2.05) is 12.1 Å². The van der Waals surface area contributed by atoms with Crippen molar-refractivity contribution in [1.82, 2.24) is 4.98 Å². The van der Waals surface area contributed by atoms with E-state index in [4.69, 9.17) is 5.73 Å². The summed E-state index contributed by atoms with van der Waals surface area (Å²) in [5, 5.41) is 2.71. The second-order valence-corrected chi connectivity index (χ2v) is 4.38. The van der Waals surface area contributed by atoms with E-state index in [-0.39, 0.29) is 5.91 Å². The Kier molecular flexibility index (Phi) is 3.58. The Morgan fingerprint density at radius 1 is 1.47 bits per heavy atom. The van der Waals surface area contributed by atoms with E-state index >= 15 is 0 Å². The highest BCUT2D eigenvalue weighted by atomic mass is 16.2. The lowest BCUT2D eigenvalue weighted by molar-refractivity contribution is -0.117. The zero-order chi connectivity index (χ0) is 12.3. The summed E-state index contributed by atoms with van der Waals surface area (Å²) >= 11 is 0. The molecular weight excluding hydrogens is 216 g/mol. The number of nitrogens with one attached hydrogen (secondary N) is 1. The maximum absolute atomic E-state index is 11.4. The van der Waals surface area contributed by atoms with Crippen LogP contribution in [0.15, 0.2) is 18.3 Å². The van der Waals surface area contributed by atoms with Crippen molar-refractivity contribution in [2.75, 3.05) is 23.3 Å². The van der Waals surface area contributed by atoms with Crippen molar-refractivity contribution in [2.24, 2.45) is 5.73 Å². The maximum Gasteiger partial charge on any atom is 0.241 e. The molecule has 0 unspecified atom stereocenters. The molecule has 0 bridgehead atoms. The van der Waals surface area contributed by atoms with Crippen molar-refractivity contribution in [3.63, 3.8) is 0 Å². The lowest BCUT2D eigenvalue weighted by Crippen LogP contribution is -2.32. The van der Waals surface area contributed by atoms with E-state index in [1.165, 1.54) is 12.8 Å². The third kappa shape index (κ3) is 2.94. The number of nitrogens with zero attached hydrogens (tertiary/aromatic N) is 2. The summed E-state index contributed by atoms with van der Waals surface area (Å²) in [5.74, 6) is 0.780. The molecule has 1 aliphatic rings. The van der Waals surface area contributed by atoms with Crippen molar-refractivity contribution in [3.05, 3.63) is 18.3 Å². The number of anilines is 2. The number of hydrogen-bond acceptors (Lipinski definition) is 4. The molecule has 2 rings (SSSR count). The predicted molar refractivity (Wildman–Crippen MR) is 68.0 cm³/mol. The summed E-state index contributed by atoms with van der Waals surface area (Å²) in [7, 11) is 0. The molecule has 0 aromatic carbocycles. The molecule has 1 saturated heterocycles. The van der Waals surface area contributed by atoms with Gasteiger partial charge in [0.25, 0.3) is 0 Å². The minimum Gasteiger partial charge on any atom is -0.357 e. The number of aromatic nitrogens is 1. The molecule has 0 spiro atoms. The van der Waals surface area contributed by atoms with E-state index in [0.29, 0.717) is 5.69 Å². The number of nitrogens with two attached hydrogens (primary N) is 1. The summed E-state index contributed by atoms with van der Waals surface area (Å²) in [4.78, 5) is 18.0. The van der Waals surface area contributed by atoms with Crippen LogP contribution in [0.25, 0.3) is 0 Å². The van der Waals surface area contributed by atoms with Gasteiger partial charge in [-0.05, 0) is 31.9 Å². The molecule has 3 N–H and O–H groups in total. The van der Waals surface area contributed by atoms with Gasteiger partial charge in [-0.1, -0.05) is 0 Å². The summed E-state index contributed by atoms with van der Waals surface area (Å²) in [6.07, 6.45) is 4.13. The van der Waals surface area contributed by atoms with E-state index in [9.17, 15) is 4.79 Å². The highest BCUT2D eigenvalue weighted by Crippen LogP contribution is 2.18. The first kappa shape index (κ1) is 11.9. The van der Waals surface area contributed by atoms with Crippen LogP contribution in [0.5, 0.6) is 0 Å². The highest BCUT2D eigenvalue weighted by molar-refractivity contribution is 5.94. The molecule has 1 amide bonds. The number of pyridine rings is 1. The minimum atomic E-state index is -0.506. The second-order valence-electron chi connectivity index (χ2n) is 4.38. The van der Waals surface area contributed by atoms with Crippen LogP contribution in [0.2, 0.25) is 0 Å². The average molecular weight is 234 g/mol. The topological polar surface area (TPSA) is 71.2 Å². The molecule has 1 aliphatic heterocycles. The molecule has 92 valence electrons. The van der Waals surface area contributed by atoms with E-state index < -0.39 is 6.04 Å². The smallest absolute Gasteiger partial charge is 0.241 e. The van der Waals surface area contributed by atoms with E-state index in [0.717, 1.165) is 18.9 Å². The number of carbonyl (C=O) groups is 1. The lowest BCUT2D eigenvalue weighted by Gasteiger charge is -2.16. The number of carbonyl (C=O) groups excluding carboxylic acids is 1. The fraction of sp³-hybridized carbons (Fsp3) is 0.500. The highest BCUT2D eigenvalue weighted by Gasteiger charge is 2.13. The van der Waals surface area contributed by atoms with Crippen molar-refractivity contribution in [2.45, 2.75) is 25.8 Å². The fourth-order valence-corrected chi connectivity index (χ4v) is 1.85. The third-order valence-electron chi connectivity index (χ3n) is 2.86. The zero-order valence-electron chi connectivity index (χ0n) is 10.0. The second kappa shape index (κ2) is 5.14. The van der Waals surface area contributed by atoms with Crippen molar-refractivity contribution in [3.8, 4) is 0 Å². The maximum atomic E-state index is 11.4. The SMILES string of the molecule is C[C@H](N)C(=O)Nc1ccc(N2CCCC2)nc1. The van der Waals surface area contributed by atoms with Crippen LogP contribution in [0.3, 0.4) is 0 Å². The van der Waals surface area contributed by atoms with Gasteiger partial charge in [0.1, 0.15) is 5.82 Å². The van der Waals surface area contributed by atoms with E-state index in [2.05, 4.69) is 15.2 Å². The molecule has 1 fully saturated rings. The van der Waals surface area contributed by atoms with Crippen LogP contribution >= 0.6 is 0 Å². The summed E-state index contributed by atoms with van der Waals surface area (Å²) in [5.41, 5.74) is 6.16. The van der Waals surface area contributed by atoms with Gasteiger partial charge < -0.3 is 16.0 Å². The molecule has 1 atom stereocenters. The van der Waals surface area contributed by atoms with Gasteiger partial charge in [0.2, 0.25) is 5.91 Å². The fourth-order valence-electron chi connectivity index (χ4n) is 1.85. The molecular formula is C12H18N4O. The number of hydrogen-bond donors (Lipinski definition) is 2. The molecule has 0 aliphatic carbocycles. The van der Waals surface area contributed by atoms with Gasteiger partial charge in [-0.2, -0.15) is 0 Å². The molecule has 5 heteroatoms. The van der Waals surface area contributed by atoms with Gasteiger partial charge in [0, 0.05) is 13.1 Å². The van der Waals surface area contributed by atoms with Crippen LogP contribution in [0.4, 0.5) is 11.5 Å². The van der Waals surface area contributed by atoms with Crippen LogP contribution in [0.1, 0.15) is 19.8 Å². The quantitative estimate of drug-likeness (QED) is 0.817. The van der Waals surface area contributed by atoms with E-state index in [1.54, 1.807) is 13.1 Å². The van der Waals surface area contributed by atoms with Gasteiger partial charge in [-0.3, -0.25) is 4.79 Å². The molecule has 0 radical (unpaired) electrons. The van der Waals surface area contributed by atoms with Crippen molar-refractivity contribution in [1.29, 1.82) is 0 Å². The van der Waals surface area contributed by atoms with Gasteiger partial charge in [0.05, 0.1) is 17.9 Å². The van der Waals surface area contributed by atoms with Crippen molar-refractivity contribution >= 4 is 17.4 Å². The molecule has 1 aromatic rings. The monoisotopic (exact) mass is 234 g/mol. The Labute approximate surface area is 101 Å². The Hall–Kier alpha value is -1.62. The van der Waals surface area contributed by atoms with Gasteiger partial charge in [0.15, 0.2) is 0 Å². The minimum absolute atomic E-state index is 0.194. The first-order valence-corrected chi connectivity index (χ1v) is 5.94. The Morgan fingerprint density at radius 3 is 2.71 bits per heavy atom. The van der Waals surface area contributed by atoms with Crippen LogP contribution in [0, 0.1) is 0 Å². The summed E-state index contributed by atoms with van der Waals surface area (Å²) < 4.78 is 0. The molecule has 5 nitrogen and oxygen atoms in total. The molecule has 17 heavy (non-hydrogen) atoms. The van der Waals surface area contributed by atoms with Crippen LogP contribution in [-0.4, -0.2) is 30.0 Å². The molecule has 0 saturated carbocycles. The first-order valence-electron chi connectivity index (χ1n) is 5.94. The van der Waals surface area contributed by atoms with Crippen LogP contribution in [-0.2, 0) is 4.79 Å². The van der Waals surface area contributed by atoms with Crippen LogP contribution < -0.4 is 16.0 Å². The Balaban J connectivity index is 2.00. The summed E-state index contributed by atoms with van der Waals surface area (Å²) in [6, 6.07) is 3.29. The largest absolute Gasteiger partial charge is 0.357 e. The summed E-state index contributed by atoms with van der Waals surface area (Å²) in [6.45, 7) is 3.79. The Morgan fingerprint density at radius 2 is 2.18 bits per heavy atom. The normalized spacial score (nSPS) is 16.9. The van der Waals surface area contributed by atoms with Gasteiger partial charge in [-0.15, -0.1) is 0 Å². The molecule has 2 heterocycles. The standard InChI is InChI=1S/C12H18N4O/c1-9(13)12(17)15-10-4-5-11(14-8-10)16-6-2-3-7-16/h4-5,8-9H,2-3,6-7,13H2,1H3,(H,15,17)/t9-/m0/s1.